The van der Waals surface area contributed by atoms with Crippen LogP contribution in [-0.2, 0) is 28.4 Å². The van der Waals surface area contributed by atoms with E-state index in [-0.39, 0.29) is 22.6 Å². The quantitative estimate of drug-likeness (QED) is 0.1000. The molecule has 0 amide bonds. The van der Waals surface area contributed by atoms with Crippen molar-refractivity contribution in [1.82, 2.24) is 0 Å². The fourth-order valence-corrected chi connectivity index (χ4v) is 6.62. The smallest absolute Gasteiger partial charge is 0.229 e. The van der Waals surface area contributed by atoms with Crippen LogP contribution in [-0.4, -0.2) is 189 Å². The number of fused-ring (bicyclic) bond motifs is 1. The van der Waals surface area contributed by atoms with Gasteiger partial charge in [-0.1, -0.05) is 0 Å². The van der Waals surface area contributed by atoms with E-state index in [1.807, 2.05) is 0 Å². The molecule has 16 atom stereocenters. The molecule has 0 spiro atoms. The van der Waals surface area contributed by atoms with Crippen LogP contribution in [0.4, 0.5) is 0 Å². The van der Waals surface area contributed by atoms with Crippen LogP contribution in [0.2, 0.25) is 0 Å². The summed E-state index contributed by atoms with van der Waals surface area (Å²) in [6.07, 6.45) is -29.4. The Kier molecular flexibility index (Phi) is 12.3. The summed E-state index contributed by atoms with van der Waals surface area (Å²) in [7, 11) is 0. The number of hydrogen-bond acceptors (Lipinski definition) is 22. The summed E-state index contributed by atoms with van der Waals surface area (Å²) in [5.74, 6) is -3.42. The Morgan fingerprint density at radius 3 is 1.62 bits per heavy atom. The SMILES string of the molecule is OCC1OC(OC2C(CO)OC(OC3C(CO)OC(OC4=C(c5ccc(O)c(O)c5)Oc5cc(O)cc(O)c5C4O)C(O)C3O)C(O)C2O)C(O)C(O)C1O. The number of ether oxygens (including phenoxy) is 7. The average Bonchev–Trinajstić information content (AvgIpc) is 3.15. The topological polar surface area (TPSA) is 368 Å². The molecule has 0 aliphatic carbocycles. The lowest BCUT2D eigenvalue weighted by atomic mass is 9.96. The van der Waals surface area contributed by atoms with Gasteiger partial charge in [-0.05, 0) is 18.2 Å². The molecule has 3 saturated heterocycles. The lowest BCUT2D eigenvalue weighted by Gasteiger charge is -2.48. The molecule has 4 heterocycles. The maximum absolute atomic E-state index is 11.4. The number of aliphatic hydroxyl groups excluding tert-OH is 11. The van der Waals surface area contributed by atoms with Gasteiger partial charge in [0, 0.05) is 17.7 Å². The fourth-order valence-electron chi connectivity index (χ4n) is 6.62. The van der Waals surface area contributed by atoms with Crippen molar-refractivity contribution in [3.05, 3.63) is 47.2 Å². The van der Waals surface area contributed by atoms with Crippen LogP contribution < -0.4 is 4.74 Å². The maximum atomic E-state index is 11.4. The predicted octanol–water partition coefficient (Wildman–Crippen LogP) is -5.23. The highest BCUT2D eigenvalue weighted by Gasteiger charge is 2.54. The van der Waals surface area contributed by atoms with E-state index in [2.05, 4.69) is 0 Å². The first-order valence-corrected chi connectivity index (χ1v) is 16.8. The molecule has 22 heteroatoms. The summed E-state index contributed by atoms with van der Waals surface area (Å²) in [4.78, 5) is 0. The van der Waals surface area contributed by atoms with E-state index in [1.54, 1.807) is 0 Å². The predicted molar refractivity (Wildman–Crippen MR) is 172 cm³/mol. The molecule has 0 aromatic heterocycles. The van der Waals surface area contributed by atoms with Crippen molar-refractivity contribution >= 4 is 5.76 Å². The Labute approximate surface area is 309 Å². The zero-order chi connectivity index (χ0) is 40.0. The van der Waals surface area contributed by atoms with Gasteiger partial charge in [-0.3, -0.25) is 0 Å². The standard InChI is InChI=1S/C33H42O22/c34-6-15-19(41)21(43)24(46)31(50-15)53-28-16(7-35)51-32(25(47)22(28)44)54-29-17(8-36)52-33(26(48)23(29)45)55-30-20(42)18-13(40)4-10(37)5-14(18)49-27(30)9-1-2-11(38)12(39)3-9/h1-5,15-17,19-26,28-29,31-48H,6-8H2. The Balaban J connectivity index is 1.21. The average molecular weight is 791 g/mol. The first-order valence-electron chi connectivity index (χ1n) is 16.8. The highest BCUT2D eigenvalue weighted by Crippen LogP contribution is 2.48. The molecule has 2 aromatic rings. The van der Waals surface area contributed by atoms with E-state index in [0.29, 0.717) is 0 Å². The molecule has 306 valence electrons. The van der Waals surface area contributed by atoms with E-state index in [1.165, 1.54) is 6.07 Å². The molecule has 55 heavy (non-hydrogen) atoms. The molecule has 22 nitrogen and oxygen atoms in total. The van der Waals surface area contributed by atoms with Gasteiger partial charge in [0.1, 0.15) is 96.6 Å². The van der Waals surface area contributed by atoms with Gasteiger partial charge < -0.3 is 110 Å². The lowest BCUT2D eigenvalue weighted by Crippen LogP contribution is -2.66. The van der Waals surface area contributed by atoms with Gasteiger partial charge in [-0.25, -0.2) is 0 Å². The van der Waals surface area contributed by atoms with Crippen molar-refractivity contribution < 1.29 is 110 Å². The fraction of sp³-hybridized carbons (Fsp3) is 0.576. The summed E-state index contributed by atoms with van der Waals surface area (Å²) in [6, 6.07) is 5.28. The summed E-state index contributed by atoms with van der Waals surface area (Å²) >= 11 is 0. The third kappa shape index (κ3) is 7.73. The molecule has 0 radical (unpaired) electrons. The number of aromatic hydroxyl groups is 4. The third-order valence-electron chi connectivity index (χ3n) is 9.62. The highest BCUT2D eigenvalue weighted by molar-refractivity contribution is 5.72. The Bertz CT molecular complexity index is 1680. The summed E-state index contributed by atoms with van der Waals surface area (Å²) in [5, 5.41) is 156. The molecule has 16 unspecified atom stereocenters. The molecule has 2 aromatic carbocycles. The molecule has 6 rings (SSSR count). The van der Waals surface area contributed by atoms with Crippen molar-refractivity contribution in [3.8, 4) is 28.7 Å². The van der Waals surface area contributed by atoms with Crippen molar-refractivity contribution in [2.24, 2.45) is 0 Å². The zero-order valence-corrected chi connectivity index (χ0v) is 28.3. The monoisotopic (exact) mass is 790 g/mol. The second-order valence-electron chi connectivity index (χ2n) is 13.2. The number of phenols is 4. The van der Waals surface area contributed by atoms with Crippen LogP contribution in [0.25, 0.3) is 5.76 Å². The molecule has 0 saturated carbocycles. The van der Waals surface area contributed by atoms with Crippen LogP contribution in [0, 0.1) is 0 Å². The van der Waals surface area contributed by atoms with Gasteiger partial charge in [0.15, 0.2) is 35.6 Å². The minimum absolute atomic E-state index is 0.0298. The van der Waals surface area contributed by atoms with E-state index >= 15 is 0 Å². The summed E-state index contributed by atoms with van der Waals surface area (Å²) in [5.41, 5.74) is -0.336. The number of rotatable bonds is 10. The minimum Gasteiger partial charge on any atom is -0.508 e. The highest BCUT2D eigenvalue weighted by atomic mass is 16.8. The third-order valence-corrected chi connectivity index (χ3v) is 9.62. The molecule has 4 aliphatic heterocycles. The maximum Gasteiger partial charge on any atom is 0.229 e. The molecular formula is C33H42O22. The molecule has 0 bridgehead atoms. The Morgan fingerprint density at radius 2 is 1.05 bits per heavy atom. The van der Waals surface area contributed by atoms with Crippen molar-refractivity contribution in [2.75, 3.05) is 19.8 Å². The van der Waals surface area contributed by atoms with Crippen LogP contribution in [0.15, 0.2) is 36.1 Å². The van der Waals surface area contributed by atoms with Crippen LogP contribution in [0.3, 0.4) is 0 Å². The molecule has 3 fully saturated rings. The Morgan fingerprint density at radius 1 is 0.527 bits per heavy atom. The van der Waals surface area contributed by atoms with Gasteiger partial charge >= 0.3 is 0 Å². The van der Waals surface area contributed by atoms with Gasteiger partial charge in [-0.2, -0.15) is 0 Å². The Hall–Kier alpha value is -3.66. The second-order valence-corrected chi connectivity index (χ2v) is 13.2. The zero-order valence-electron chi connectivity index (χ0n) is 28.3. The normalized spacial score (nSPS) is 39.3. The van der Waals surface area contributed by atoms with Gasteiger partial charge in [0.2, 0.25) is 6.29 Å². The van der Waals surface area contributed by atoms with Gasteiger partial charge in [0.05, 0.1) is 25.4 Å². The number of benzene rings is 2. The van der Waals surface area contributed by atoms with Gasteiger partial charge in [-0.15, -0.1) is 0 Å². The van der Waals surface area contributed by atoms with E-state index in [9.17, 15) is 76.6 Å². The molecule has 4 aliphatic rings. The molecular weight excluding hydrogens is 748 g/mol. The first kappa shape index (κ1) is 41.0. The minimum atomic E-state index is -2.10. The van der Waals surface area contributed by atoms with Crippen molar-refractivity contribution in [2.45, 2.75) is 98.2 Å². The van der Waals surface area contributed by atoms with Crippen molar-refractivity contribution in [1.29, 1.82) is 0 Å². The van der Waals surface area contributed by atoms with Crippen LogP contribution in [0.5, 0.6) is 28.7 Å². The summed E-state index contributed by atoms with van der Waals surface area (Å²) < 4.78 is 39.4. The van der Waals surface area contributed by atoms with E-state index < -0.39 is 147 Å². The van der Waals surface area contributed by atoms with Crippen LogP contribution in [0.1, 0.15) is 17.2 Å². The number of hydrogen-bond donors (Lipinski definition) is 15. The van der Waals surface area contributed by atoms with Gasteiger partial charge in [0.25, 0.3) is 0 Å². The second kappa shape index (κ2) is 16.4. The van der Waals surface area contributed by atoms with E-state index in [4.69, 9.17) is 33.2 Å². The largest absolute Gasteiger partial charge is 0.508 e. The number of aliphatic hydroxyl groups is 11. The molecule has 15 N–H and O–H groups in total. The summed E-state index contributed by atoms with van der Waals surface area (Å²) in [6.45, 7) is -2.67. The van der Waals surface area contributed by atoms with Crippen LogP contribution >= 0.6 is 0 Å². The van der Waals surface area contributed by atoms with E-state index in [0.717, 1.165) is 24.3 Å². The number of phenolic OH excluding ortho intramolecular Hbond substituents is 4. The van der Waals surface area contributed by atoms with Crippen molar-refractivity contribution in [3.63, 3.8) is 0 Å². The first-order chi connectivity index (χ1) is 26.1. The lowest BCUT2D eigenvalue weighted by molar-refractivity contribution is -0.378.